The molecule has 8 heteroatoms. The number of carbonyl (C=O) groups excluding carboxylic acids is 3. The number of urea groups is 1. The summed E-state index contributed by atoms with van der Waals surface area (Å²) in [6.45, 7) is 0.715. The van der Waals surface area contributed by atoms with E-state index in [-0.39, 0.29) is 5.56 Å². The van der Waals surface area contributed by atoms with Crippen LogP contribution in [-0.2, 0) is 15.1 Å². The second kappa shape index (κ2) is 6.55. The van der Waals surface area contributed by atoms with E-state index < -0.39 is 41.6 Å². The number of amides is 4. The first-order valence-corrected chi connectivity index (χ1v) is 7.76. The zero-order valence-electron chi connectivity index (χ0n) is 13.8. The lowest BCUT2D eigenvalue weighted by Crippen LogP contribution is -2.42. The Labute approximate surface area is 147 Å². The maximum absolute atomic E-state index is 14.1. The van der Waals surface area contributed by atoms with Gasteiger partial charge >= 0.3 is 6.03 Å². The van der Waals surface area contributed by atoms with Gasteiger partial charge in [-0.15, -0.1) is 0 Å². The third-order valence-corrected chi connectivity index (χ3v) is 4.10. The van der Waals surface area contributed by atoms with Gasteiger partial charge in [0, 0.05) is 11.3 Å². The molecular formula is C18H15F2N3O3. The molecule has 3 rings (SSSR count). The van der Waals surface area contributed by atoms with Crippen LogP contribution in [-0.4, -0.2) is 29.3 Å². The van der Waals surface area contributed by atoms with E-state index in [1.165, 1.54) is 6.92 Å². The van der Waals surface area contributed by atoms with Crippen LogP contribution in [0.3, 0.4) is 0 Å². The van der Waals surface area contributed by atoms with Gasteiger partial charge in [0.05, 0.1) is 0 Å². The van der Waals surface area contributed by atoms with E-state index in [0.717, 1.165) is 18.2 Å². The molecular weight excluding hydrogens is 344 g/mol. The summed E-state index contributed by atoms with van der Waals surface area (Å²) in [6, 6.07) is 10.3. The molecule has 0 aromatic heterocycles. The molecule has 0 aliphatic carbocycles. The molecule has 4 amide bonds. The number of carbonyl (C=O) groups is 3. The van der Waals surface area contributed by atoms with Crippen LogP contribution < -0.4 is 10.6 Å². The Balaban J connectivity index is 1.80. The molecule has 2 aromatic carbocycles. The van der Waals surface area contributed by atoms with Crippen molar-refractivity contribution < 1.29 is 23.2 Å². The first-order valence-electron chi connectivity index (χ1n) is 7.76. The smallest absolute Gasteiger partial charge is 0.325 e. The number of anilines is 1. The summed E-state index contributed by atoms with van der Waals surface area (Å²) >= 11 is 0. The monoisotopic (exact) mass is 359 g/mol. The fourth-order valence-electron chi connectivity index (χ4n) is 2.77. The zero-order chi connectivity index (χ0) is 18.9. The quantitative estimate of drug-likeness (QED) is 0.823. The van der Waals surface area contributed by atoms with Gasteiger partial charge in [0.2, 0.25) is 5.91 Å². The van der Waals surface area contributed by atoms with E-state index in [1.54, 1.807) is 30.3 Å². The maximum Gasteiger partial charge on any atom is 0.325 e. The van der Waals surface area contributed by atoms with Crippen molar-refractivity contribution in [1.82, 2.24) is 10.2 Å². The van der Waals surface area contributed by atoms with Crippen molar-refractivity contribution in [2.45, 2.75) is 12.5 Å². The largest absolute Gasteiger partial charge is 0.325 e. The number of rotatable bonds is 4. The number of nitrogens with zero attached hydrogens (tertiary/aromatic N) is 1. The van der Waals surface area contributed by atoms with Gasteiger partial charge in [-0.25, -0.2) is 13.6 Å². The summed E-state index contributed by atoms with van der Waals surface area (Å²) in [5.41, 5.74) is -1.60. The minimum absolute atomic E-state index is 0.304. The van der Waals surface area contributed by atoms with Crippen molar-refractivity contribution in [3.8, 4) is 0 Å². The van der Waals surface area contributed by atoms with Crippen LogP contribution in [0, 0.1) is 11.6 Å². The predicted molar refractivity (Wildman–Crippen MR) is 89.0 cm³/mol. The van der Waals surface area contributed by atoms with Gasteiger partial charge in [0.25, 0.3) is 5.91 Å². The fraction of sp³-hybridized carbons (Fsp3) is 0.167. The van der Waals surface area contributed by atoms with E-state index in [0.29, 0.717) is 10.6 Å². The van der Waals surface area contributed by atoms with E-state index in [9.17, 15) is 23.2 Å². The van der Waals surface area contributed by atoms with Gasteiger partial charge < -0.3 is 10.6 Å². The number of halogens is 2. The van der Waals surface area contributed by atoms with Crippen molar-refractivity contribution in [3.05, 3.63) is 65.7 Å². The minimum atomic E-state index is -1.80. The molecule has 26 heavy (non-hydrogen) atoms. The van der Waals surface area contributed by atoms with E-state index in [1.807, 2.05) is 0 Å². The Morgan fingerprint density at radius 2 is 1.85 bits per heavy atom. The Morgan fingerprint density at radius 1 is 1.15 bits per heavy atom. The highest BCUT2D eigenvalue weighted by atomic mass is 19.1. The first kappa shape index (κ1) is 17.5. The first-order chi connectivity index (χ1) is 12.3. The maximum atomic E-state index is 14.1. The molecule has 0 radical (unpaired) electrons. The third-order valence-electron chi connectivity index (χ3n) is 4.10. The number of benzene rings is 2. The topological polar surface area (TPSA) is 78.5 Å². The number of hydrogen-bond donors (Lipinski definition) is 2. The Hall–Kier alpha value is -3.29. The average molecular weight is 359 g/mol. The van der Waals surface area contributed by atoms with Gasteiger partial charge in [-0.3, -0.25) is 14.5 Å². The summed E-state index contributed by atoms with van der Waals surface area (Å²) in [4.78, 5) is 37.6. The summed E-state index contributed by atoms with van der Waals surface area (Å²) in [5, 5.41) is 4.89. The van der Waals surface area contributed by atoms with Crippen LogP contribution in [0.5, 0.6) is 0 Å². The van der Waals surface area contributed by atoms with Gasteiger partial charge in [-0.05, 0) is 37.3 Å². The molecule has 1 atom stereocenters. The highest BCUT2D eigenvalue weighted by molar-refractivity contribution is 6.10. The molecule has 1 fully saturated rings. The number of nitrogens with one attached hydrogen (secondary N) is 2. The molecule has 0 bridgehead atoms. The fourth-order valence-corrected chi connectivity index (χ4v) is 2.77. The molecule has 1 heterocycles. The second-order valence-corrected chi connectivity index (χ2v) is 5.98. The molecule has 1 aliphatic heterocycles. The van der Waals surface area contributed by atoms with Crippen molar-refractivity contribution >= 4 is 23.5 Å². The highest BCUT2D eigenvalue weighted by Gasteiger charge is 2.50. The highest BCUT2D eigenvalue weighted by Crippen LogP contribution is 2.31. The average Bonchev–Trinajstić information content (AvgIpc) is 2.82. The van der Waals surface area contributed by atoms with Gasteiger partial charge in [-0.1, -0.05) is 18.2 Å². The summed E-state index contributed by atoms with van der Waals surface area (Å²) in [5.74, 6) is -3.01. The van der Waals surface area contributed by atoms with Crippen molar-refractivity contribution in [2.24, 2.45) is 0 Å². The summed E-state index contributed by atoms with van der Waals surface area (Å²) in [6.07, 6.45) is 0. The van der Waals surface area contributed by atoms with Crippen molar-refractivity contribution in [2.75, 3.05) is 11.9 Å². The minimum Gasteiger partial charge on any atom is -0.325 e. The molecule has 134 valence electrons. The SMILES string of the molecule is C[C@]1(c2cc(F)ccc2F)NC(=O)N(CC(=O)Nc2ccccc2)C1=O. The number of hydrogen-bond acceptors (Lipinski definition) is 3. The van der Waals surface area contributed by atoms with Crippen LogP contribution in [0.25, 0.3) is 0 Å². The van der Waals surface area contributed by atoms with Crippen LogP contribution in [0.2, 0.25) is 0 Å². The summed E-state index contributed by atoms with van der Waals surface area (Å²) in [7, 11) is 0. The van der Waals surface area contributed by atoms with Crippen LogP contribution in [0.1, 0.15) is 12.5 Å². The molecule has 0 saturated carbocycles. The molecule has 2 aromatic rings. The Kier molecular flexibility index (Phi) is 4.41. The van der Waals surface area contributed by atoms with E-state index >= 15 is 0 Å². The Morgan fingerprint density at radius 3 is 2.54 bits per heavy atom. The molecule has 0 unspecified atom stereocenters. The number of imide groups is 1. The molecule has 0 spiro atoms. The number of para-hydroxylation sites is 1. The Bertz CT molecular complexity index is 889. The lowest BCUT2D eigenvalue weighted by atomic mass is 9.91. The molecule has 1 aliphatic rings. The standard InChI is InChI=1S/C18H15F2N3O3/c1-18(13-9-11(19)7-8-14(13)20)16(25)23(17(26)22-18)10-15(24)21-12-5-3-2-4-6-12/h2-9H,10H2,1H3,(H,21,24)(H,22,26)/t18-/m1/s1. The second-order valence-electron chi connectivity index (χ2n) is 5.98. The van der Waals surface area contributed by atoms with Crippen LogP contribution in [0.4, 0.5) is 19.3 Å². The van der Waals surface area contributed by atoms with Crippen LogP contribution in [0.15, 0.2) is 48.5 Å². The van der Waals surface area contributed by atoms with Gasteiger partial charge in [-0.2, -0.15) is 0 Å². The third kappa shape index (κ3) is 3.13. The van der Waals surface area contributed by atoms with Gasteiger partial charge in [0.1, 0.15) is 23.7 Å². The van der Waals surface area contributed by atoms with Crippen molar-refractivity contribution in [1.29, 1.82) is 0 Å². The molecule has 2 N–H and O–H groups in total. The van der Waals surface area contributed by atoms with E-state index in [2.05, 4.69) is 10.6 Å². The molecule has 1 saturated heterocycles. The van der Waals surface area contributed by atoms with Gasteiger partial charge in [0.15, 0.2) is 0 Å². The lowest BCUT2D eigenvalue weighted by molar-refractivity contribution is -0.133. The molecule has 6 nitrogen and oxygen atoms in total. The zero-order valence-corrected chi connectivity index (χ0v) is 13.8. The lowest BCUT2D eigenvalue weighted by Gasteiger charge is -2.22. The van der Waals surface area contributed by atoms with E-state index in [4.69, 9.17) is 0 Å². The summed E-state index contributed by atoms with van der Waals surface area (Å²) < 4.78 is 27.6. The predicted octanol–water partition coefficient (Wildman–Crippen LogP) is 2.37. The van der Waals surface area contributed by atoms with Crippen LogP contribution >= 0.6 is 0 Å². The van der Waals surface area contributed by atoms with Crippen molar-refractivity contribution in [3.63, 3.8) is 0 Å². The normalized spacial score (nSPS) is 19.4.